The van der Waals surface area contributed by atoms with Crippen LogP contribution in [0.2, 0.25) is 0 Å². The SMILES string of the molecule is CCCCOC(=O)N1CC(Oc2cc(C)nc(C(=O)Cc3ccc(F)cn3)c2)C1.COC(=O)N1CC(Oc2cc(C)nc(C(=O)Cc3ccc(C)cn3)c2)C1.Cc1cc(OC2CN(S(C)(=O)=O)C2)cc(C(=O)Cc2nc(C)cs2)n1.Cc1ccc(CC(=O)c2cc(OC3CN(C(=O)OC(C)C)C3)cc(C)n2)nc1. The molecular weight excluding hydrogens is 1430 g/mol. The van der Waals surface area contributed by atoms with Gasteiger partial charge in [-0.15, -0.1) is 11.3 Å². The highest BCUT2D eigenvalue weighted by Crippen LogP contribution is 2.27. The van der Waals surface area contributed by atoms with Crippen LogP contribution in [0.25, 0.3) is 0 Å². The zero-order chi connectivity index (χ0) is 77.9. The fourth-order valence-electron chi connectivity index (χ4n) is 10.9. The Morgan fingerprint density at radius 1 is 0.491 bits per heavy atom. The molecule has 31 heteroatoms. The van der Waals surface area contributed by atoms with E-state index in [0.717, 1.165) is 40.9 Å². The summed E-state index contributed by atoms with van der Waals surface area (Å²) in [6.07, 6.45) is 6.41. The standard InChI is InChI=1S/C21H24FN3O4.C21H25N3O4.C19H21N3O4.C16H19N3O4S2/c1-3-4-7-28-21(27)25-12-18(13-25)29-17-8-14(2)24-19(10-17)20(26)9-16-6-5-15(22)11-23-16;1-13(2)27-21(26)24-11-18(12-24)28-17-7-15(4)23-19(9-17)20(25)8-16-6-5-14(3)10-22-16;1-12-4-5-14(20-9-12)7-18(23)17-8-15(6-13(2)21-17)26-16-10-22(11-16)19(24)25-3;1-10-4-12(23-13-7-19(8-13)25(3,21)22)5-14(17-10)15(20)6-16-18-11(2)9-24-16/h5-6,8,10-11,18H,3-4,7,9,12-13H2,1-2H3;5-7,9-10,13,18H,8,11-12H2,1-4H3;4-6,8-9,16H,7,10-11H2,1-3H3;4-5,9,13H,6-8H2,1-3H3. The minimum atomic E-state index is -3.17. The van der Waals surface area contributed by atoms with E-state index in [1.807, 2.05) is 85.0 Å². The summed E-state index contributed by atoms with van der Waals surface area (Å²) in [4.78, 5) is 124. The van der Waals surface area contributed by atoms with Gasteiger partial charge in [-0.25, -0.2) is 52.1 Å². The monoisotopic (exact) mass is 1520 g/mol. The first kappa shape index (κ1) is 81.3. The van der Waals surface area contributed by atoms with Crippen LogP contribution in [0.3, 0.4) is 0 Å². The molecule has 0 aromatic carbocycles. The van der Waals surface area contributed by atoms with Crippen molar-refractivity contribution in [2.24, 2.45) is 0 Å². The number of methoxy groups -OCH3 is 1. The molecule has 0 spiro atoms. The molecule has 12 rings (SSSR count). The van der Waals surface area contributed by atoms with Crippen LogP contribution >= 0.6 is 11.3 Å². The van der Waals surface area contributed by atoms with Crippen LogP contribution in [0.5, 0.6) is 23.0 Å². The summed E-state index contributed by atoms with van der Waals surface area (Å²) in [5.41, 5.74) is 8.91. The van der Waals surface area contributed by atoms with E-state index in [1.54, 1.807) is 89.5 Å². The maximum Gasteiger partial charge on any atom is 0.410 e. The number of likely N-dealkylation sites (tertiary alicyclic amines) is 3. The van der Waals surface area contributed by atoms with E-state index < -0.39 is 15.8 Å². The molecule has 4 aliphatic rings. The van der Waals surface area contributed by atoms with Gasteiger partial charge in [-0.3, -0.25) is 34.1 Å². The van der Waals surface area contributed by atoms with Crippen LogP contribution in [0, 0.1) is 54.3 Å². The number of rotatable bonds is 25. The summed E-state index contributed by atoms with van der Waals surface area (Å²) < 4.78 is 75.5. The maximum absolute atomic E-state index is 13.0. The molecule has 0 N–H and O–H groups in total. The zero-order valence-electron chi connectivity index (χ0n) is 62.5. The summed E-state index contributed by atoms with van der Waals surface area (Å²) in [5, 5.41) is 2.67. The van der Waals surface area contributed by atoms with Crippen molar-refractivity contribution < 1.29 is 79.5 Å². The number of aromatic nitrogens is 8. The Bertz CT molecular complexity index is 4600. The Hall–Kier alpha value is -10.8. The summed E-state index contributed by atoms with van der Waals surface area (Å²) in [5.74, 6) is 1.19. The topological polar surface area (TPSA) is 334 Å². The van der Waals surface area contributed by atoms with Gasteiger partial charge in [0.15, 0.2) is 23.1 Å². The number of carbonyl (C=O) groups excluding carboxylic acids is 7. The van der Waals surface area contributed by atoms with Crippen LogP contribution in [0.4, 0.5) is 18.8 Å². The lowest BCUT2D eigenvalue weighted by Crippen LogP contribution is -2.56. The number of hydrogen-bond acceptors (Lipinski definition) is 25. The number of thiazole rings is 1. The van der Waals surface area contributed by atoms with Gasteiger partial charge in [0.25, 0.3) is 0 Å². The molecule has 8 aromatic heterocycles. The van der Waals surface area contributed by atoms with Gasteiger partial charge in [0, 0.05) is 112 Å². The second kappa shape index (κ2) is 37.6. The predicted octanol–water partition coefficient (Wildman–Crippen LogP) is 10.4. The number of amides is 3. The number of carbonyl (C=O) groups is 7. The van der Waals surface area contributed by atoms with E-state index in [4.69, 9.17) is 28.4 Å². The van der Waals surface area contributed by atoms with Crippen LogP contribution < -0.4 is 18.9 Å². The van der Waals surface area contributed by atoms with E-state index in [1.165, 1.54) is 41.1 Å². The molecule has 0 aliphatic carbocycles. The number of Topliss-reactive ketones (excluding diaryl/α,β-unsaturated/α-hetero) is 4. The number of halogens is 1. The molecule has 3 amide bonds. The quantitative estimate of drug-likeness (QED) is 0.0291. The predicted molar refractivity (Wildman–Crippen MR) is 396 cm³/mol. The second-order valence-electron chi connectivity index (χ2n) is 26.8. The fourth-order valence-corrected chi connectivity index (χ4v) is 12.5. The largest absolute Gasteiger partial charge is 0.488 e. The average molecular weight is 1520 g/mol. The number of unbranched alkanes of at least 4 members (excludes halogenated alkanes) is 1. The minimum Gasteiger partial charge on any atom is -0.488 e. The van der Waals surface area contributed by atoms with Gasteiger partial charge in [0.05, 0.1) is 110 Å². The van der Waals surface area contributed by atoms with Gasteiger partial charge in [-0.1, -0.05) is 25.5 Å². The van der Waals surface area contributed by atoms with Crippen molar-refractivity contribution in [2.45, 2.75) is 138 Å². The van der Waals surface area contributed by atoms with Crippen LogP contribution in [-0.4, -0.2) is 212 Å². The summed E-state index contributed by atoms with van der Waals surface area (Å²) in [6, 6.07) is 23.8. The molecular formula is C77H89FN12O16S2. The first-order chi connectivity index (χ1) is 51.4. The molecule has 12 heterocycles. The summed E-state index contributed by atoms with van der Waals surface area (Å²) in [6.45, 7) is 22.5. The highest BCUT2D eigenvalue weighted by Gasteiger charge is 2.38. The van der Waals surface area contributed by atoms with Crippen molar-refractivity contribution >= 4 is 62.8 Å². The molecule has 28 nitrogen and oxygen atoms in total. The molecule has 0 atom stereocenters. The van der Waals surface area contributed by atoms with Gasteiger partial charge < -0.3 is 47.9 Å². The number of nitrogens with zero attached hydrogens (tertiary/aromatic N) is 12. The first-order valence-corrected chi connectivity index (χ1v) is 37.9. The van der Waals surface area contributed by atoms with Crippen molar-refractivity contribution in [3.63, 3.8) is 0 Å². The Balaban J connectivity index is 0.000000166. The molecule has 0 radical (unpaired) electrons. The van der Waals surface area contributed by atoms with E-state index in [2.05, 4.69) is 44.6 Å². The smallest absolute Gasteiger partial charge is 0.410 e. The molecule has 572 valence electrons. The Labute approximate surface area is 630 Å². The van der Waals surface area contributed by atoms with Crippen molar-refractivity contribution in [3.05, 3.63) is 199 Å². The normalized spacial score (nSPS) is 14.3. The Morgan fingerprint density at radius 2 is 0.861 bits per heavy atom. The summed E-state index contributed by atoms with van der Waals surface area (Å²) in [7, 11) is -1.82. The molecule has 4 aliphatic heterocycles. The number of ketones is 4. The Morgan fingerprint density at radius 3 is 1.19 bits per heavy atom. The zero-order valence-corrected chi connectivity index (χ0v) is 64.1. The number of sulfonamides is 1. The first-order valence-electron chi connectivity index (χ1n) is 35.1. The maximum atomic E-state index is 13.0. The van der Waals surface area contributed by atoms with Crippen LogP contribution in [0.1, 0.15) is 137 Å². The van der Waals surface area contributed by atoms with E-state index >= 15 is 0 Å². The van der Waals surface area contributed by atoms with E-state index in [9.17, 15) is 46.4 Å². The minimum absolute atomic E-state index is 0.0248. The van der Waals surface area contributed by atoms with Crippen molar-refractivity contribution in [2.75, 3.05) is 72.3 Å². The number of hydrogen-bond donors (Lipinski definition) is 0. The van der Waals surface area contributed by atoms with Crippen molar-refractivity contribution in [1.29, 1.82) is 0 Å². The number of pyridine rings is 7. The molecule has 4 fully saturated rings. The highest BCUT2D eigenvalue weighted by atomic mass is 32.2. The van der Waals surface area contributed by atoms with Crippen molar-refractivity contribution in [1.82, 2.24) is 58.9 Å². The summed E-state index contributed by atoms with van der Waals surface area (Å²) >= 11 is 1.45. The fraction of sp³-hybridized carbons (Fsp3) is 0.416. The van der Waals surface area contributed by atoms with Gasteiger partial charge in [0.2, 0.25) is 10.0 Å². The van der Waals surface area contributed by atoms with Crippen LogP contribution in [-0.2, 0) is 49.9 Å². The third-order valence-electron chi connectivity index (χ3n) is 16.6. The average Bonchev–Trinajstić information content (AvgIpc) is 0.844. The van der Waals surface area contributed by atoms with Gasteiger partial charge in [-0.2, -0.15) is 4.31 Å². The third kappa shape index (κ3) is 24.6. The molecule has 0 unspecified atom stereocenters. The second-order valence-corrected chi connectivity index (χ2v) is 29.8. The molecule has 4 saturated heterocycles. The molecule has 0 saturated carbocycles. The van der Waals surface area contributed by atoms with Gasteiger partial charge in [-0.05, 0) is 104 Å². The van der Waals surface area contributed by atoms with Crippen LogP contribution in [0.15, 0.2) is 109 Å². The van der Waals surface area contributed by atoms with E-state index in [0.29, 0.717) is 139 Å². The lowest BCUT2D eigenvalue weighted by atomic mass is 10.1. The van der Waals surface area contributed by atoms with E-state index in [-0.39, 0.29) is 103 Å². The lowest BCUT2D eigenvalue weighted by Gasteiger charge is -2.38. The van der Waals surface area contributed by atoms with Crippen molar-refractivity contribution in [3.8, 4) is 23.0 Å². The number of ether oxygens (including phenoxy) is 7. The lowest BCUT2D eigenvalue weighted by molar-refractivity contribution is 0.00154. The highest BCUT2D eigenvalue weighted by molar-refractivity contribution is 7.88. The molecule has 8 aromatic rings. The van der Waals surface area contributed by atoms with Gasteiger partial charge in [0.1, 0.15) is 81.0 Å². The van der Waals surface area contributed by atoms with Gasteiger partial charge >= 0.3 is 18.3 Å². The molecule has 108 heavy (non-hydrogen) atoms. The number of aryl methyl sites for hydroxylation is 7. The third-order valence-corrected chi connectivity index (χ3v) is 18.8. The molecule has 0 bridgehead atoms. The Kier molecular flexibility index (Phi) is 28.3.